The van der Waals surface area contributed by atoms with Gasteiger partial charge < -0.3 is 25.8 Å². The van der Waals surface area contributed by atoms with E-state index in [1.165, 1.54) is 7.11 Å². The molecule has 0 spiro atoms. The van der Waals surface area contributed by atoms with E-state index in [9.17, 15) is 26.3 Å². The van der Waals surface area contributed by atoms with E-state index < -0.39 is 64.3 Å². The zero-order chi connectivity index (χ0) is 34.6. The summed E-state index contributed by atoms with van der Waals surface area (Å²) in [6, 6.07) is 0.407. The summed E-state index contributed by atoms with van der Waals surface area (Å²) in [5.41, 5.74) is 1.04. The van der Waals surface area contributed by atoms with Gasteiger partial charge in [0, 0.05) is 31.2 Å². The molecule has 4 N–H and O–H groups in total. The number of pyridine rings is 1. The maximum Gasteiger partial charge on any atom is 0.417 e. The number of rotatable bonds is 2. The first kappa shape index (κ1) is 36.2. The van der Waals surface area contributed by atoms with Crippen LogP contribution in [0.2, 0.25) is 0 Å². The minimum absolute atomic E-state index is 0.0427. The van der Waals surface area contributed by atoms with Crippen molar-refractivity contribution in [1.29, 1.82) is 0 Å². The van der Waals surface area contributed by atoms with E-state index in [0.29, 0.717) is 38.7 Å². The molecular formula is C31H40F7N7O2. The SMILES string of the molecule is CC.COc1nc2c3c(nc(-c4cc(N)c(F)c(C)c4C(F)(F)F)c(F)c3n1)OC(C)CCNCCN2.FC1CN2CCCC2C1F. The molecular weight excluding hydrogens is 635 g/mol. The molecule has 9 nitrogen and oxygen atoms in total. The molecule has 1 aromatic carbocycles. The lowest BCUT2D eigenvalue weighted by molar-refractivity contribution is -0.137. The van der Waals surface area contributed by atoms with E-state index in [1.807, 2.05) is 18.7 Å². The van der Waals surface area contributed by atoms with Gasteiger partial charge in [0.15, 0.2) is 5.82 Å². The number of halogens is 7. The first-order valence-corrected chi connectivity index (χ1v) is 15.6. The van der Waals surface area contributed by atoms with Crippen molar-refractivity contribution in [1.82, 2.24) is 25.2 Å². The average Bonchev–Trinajstić information content (AvgIpc) is 3.59. The average molecular weight is 676 g/mol. The summed E-state index contributed by atoms with van der Waals surface area (Å²) in [5.74, 6) is -2.47. The fourth-order valence-electron chi connectivity index (χ4n) is 5.93. The Kier molecular flexibility index (Phi) is 11.6. The van der Waals surface area contributed by atoms with Crippen LogP contribution in [0.25, 0.3) is 22.2 Å². The summed E-state index contributed by atoms with van der Waals surface area (Å²) in [6.07, 6.45) is -5.45. The van der Waals surface area contributed by atoms with Crippen LogP contribution in [-0.4, -0.2) is 84.2 Å². The van der Waals surface area contributed by atoms with Crippen LogP contribution in [-0.2, 0) is 6.18 Å². The summed E-state index contributed by atoms with van der Waals surface area (Å²) < 4.78 is 109. The number of nitrogen functional groups attached to an aromatic ring is 1. The number of benzene rings is 1. The molecule has 3 aliphatic heterocycles. The predicted molar refractivity (Wildman–Crippen MR) is 165 cm³/mol. The predicted octanol–water partition coefficient (Wildman–Crippen LogP) is 6.23. The van der Waals surface area contributed by atoms with Crippen LogP contribution < -0.4 is 25.8 Å². The van der Waals surface area contributed by atoms with Gasteiger partial charge in [-0.1, -0.05) is 13.8 Å². The molecule has 3 aromatic rings. The second-order valence-corrected chi connectivity index (χ2v) is 11.2. The standard InChI is InChI=1S/C22H23F5N6O2.C7H11F2N.C2H6/c1-9-4-5-29-6-7-30-19-13-18(32-21(33-19)34-3)16(24)17(31-20(13)35-9)11-8-12(28)15(23)10(2)14(11)22(25,26)27;8-5-4-10-3-1-2-6(10)7(5)9;1-2/h8-9,29H,4-7,28H2,1-3H3,(H,30,32,33);5-7H,1-4H2;1-2H3. The second kappa shape index (κ2) is 15.0. The van der Waals surface area contributed by atoms with Crippen LogP contribution in [0.3, 0.4) is 0 Å². The van der Waals surface area contributed by atoms with Gasteiger partial charge in [0.05, 0.1) is 24.5 Å². The van der Waals surface area contributed by atoms with E-state index in [4.69, 9.17) is 15.2 Å². The first-order valence-electron chi connectivity index (χ1n) is 15.6. The Morgan fingerprint density at radius 1 is 1.04 bits per heavy atom. The van der Waals surface area contributed by atoms with Crippen molar-refractivity contribution in [3.63, 3.8) is 0 Å². The Morgan fingerprint density at radius 3 is 2.43 bits per heavy atom. The number of aromatic nitrogens is 3. The molecule has 0 amide bonds. The molecule has 260 valence electrons. The third-order valence-corrected chi connectivity index (χ3v) is 8.15. The molecule has 4 unspecified atom stereocenters. The van der Waals surface area contributed by atoms with Gasteiger partial charge in [-0.05, 0) is 57.8 Å². The van der Waals surface area contributed by atoms with Gasteiger partial charge in [0.1, 0.15) is 40.6 Å². The monoisotopic (exact) mass is 675 g/mol. The van der Waals surface area contributed by atoms with Crippen molar-refractivity contribution in [2.75, 3.05) is 50.9 Å². The zero-order valence-electron chi connectivity index (χ0n) is 26.9. The van der Waals surface area contributed by atoms with E-state index in [1.54, 1.807) is 6.92 Å². The highest BCUT2D eigenvalue weighted by molar-refractivity contribution is 5.96. The molecule has 0 saturated carbocycles. The smallest absolute Gasteiger partial charge is 0.417 e. The third-order valence-electron chi connectivity index (χ3n) is 8.15. The molecule has 2 saturated heterocycles. The number of anilines is 2. The summed E-state index contributed by atoms with van der Waals surface area (Å²) in [6.45, 7) is 9.45. The number of nitrogens with two attached hydrogens (primary N) is 1. The van der Waals surface area contributed by atoms with Gasteiger partial charge in [-0.25, -0.2) is 22.5 Å². The summed E-state index contributed by atoms with van der Waals surface area (Å²) >= 11 is 0. The number of methoxy groups -OCH3 is 1. The molecule has 2 aromatic heterocycles. The second-order valence-electron chi connectivity index (χ2n) is 11.2. The lowest BCUT2D eigenvalue weighted by Gasteiger charge is -2.21. The van der Waals surface area contributed by atoms with Crippen LogP contribution in [0.5, 0.6) is 11.9 Å². The molecule has 5 heterocycles. The van der Waals surface area contributed by atoms with Gasteiger partial charge >= 0.3 is 12.2 Å². The fourth-order valence-corrected chi connectivity index (χ4v) is 5.93. The van der Waals surface area contributed by atoms with Crippen molar-refractivity contribution in [2.24, 2.45) is 0 Å². The number of fused-ring (bicyclic) bond motifs is 1. The number of alkyl halides is 5. The Hall–Kier alpha value is -3.66. The van der Waals surface area contributed by atoms with Crippen molar-refractivity contribution in [3.8, 4) is 23.1 Å². The number of hydrogen-bond donors (Lipinski definition) is 3. The van der Waals surface area contributed by atoms with Crippen molar-refractivity contribution in [2.45, 2.75) is 77.6 Å². The van der Waals surface area contributed by atoms with Crippen molar-refractivity contribution >= 4 is 22.4 Å². The topological polar surface area (TPSA) is 110 Å². The van der Waals surface area contributed by atoms with Crippen LogP contribution in [0.15, 0.2) is 6.07 Å². The molecule has 16 heteroatoms. The number of nitrogens with zero attached hydrogens (tertiary/aromatic N) is 4. The Bertz CT molecular complexity index is 1560. The summed E-state index contributed by atoms with van der Waals surface area (Å²) in [4.78, 5) is 14.3. The largest absolute Gasteiger partial charge is 0.474 e. The number of ether oxygens (including phenoxy) is 2. The van der Waals surface area contributed by atoms with Gasteiger partial charge in [-0.3, -0.25) is 4.90 Å². The van der Waals surface area contributed by atoms with E-state index in [0.717, 1.165) is 26.3 Å². The number of hydrogen-bond acceptors (Lipinski definition) is 9. The Labute approximate surface area is 268 Å². The summed E-state index contributed by atoms with van der Waals surface area (Å²) in [7, 11) is 1.27. The first-order chi connectivity index (χ1) is 22.3. The minimum Gasteiger partial charge on any atom is -0.474 e. The van der Waals surface area contributed by atoms with Crippen LogP contribution in [0.1, 0.15) is 51.2 Å². The third kappa shape index (κ3) is 7.58. The molecule has 0 aliphatic carbocycles. The summed E-state index contributed by atoms with van der Waals surface area (Å²) in [5, 5.41) is 6.28. The van der Waals surface area contributed by atoms with Crippen LogP contribution in [0, 0.1) is 18.6 Å². The normalized spacial score (nSPS) is 22.9. The molecule has 2 fully saturated rings. The zero-order valence-corrected chi connectivity index (χ0v) is 26.9. The Balaban J connectivity index is 0.000000349. The van der Waals surface area contributed by atoms with E-state index in [2.05, 4.69) is 25.6 Å². The van der Waals surface area contributed by atoms with Gasteiger partial charge in [0.2, 0.25) is 5.88 Å². The lowest BCUT2D eigenvalue weighted by atomic mass is 9.96. The van der Waals surface area contributed by atoms with Gasteiger partial charge in [-0.2, -0.15) is 23.1 Å². The fraction of sp³-hybridized carbons (Fsp3) is 0.581. The van der Waals surface area contributed by atoms with E-state index in [-0.39, 0.29) is 34.7 Å². The molecule has 0 bridgehead atoms. The van der Waals surface area contributed by atoms with E-state index >= 15 is 4.39 Å². The molecule has 6 rings (SSSR count). The molecule has 0 radical (unpaired) electrons. The minimum atomic E-state index is -5.02. The highest BCUT2D eigenvalue weighted by Crippen LogP contribution is 2.44. The maximum atomic E-state index is 15.9. The molecule has 3 aliphatic rings. The van der Waals surface area contributed by atoms with Crippen LogP contribution in [0.4, 0.5) is 42.2 Å². The van der Waals surface area contributed by atoms with Gasteiger partial charge in [0.25, 0.3) is 0 Å². The highest BCUT2D eigenvalue weighted by Gasteiger charge is 2.44. The maximum absolute atomic E-state index is 15.9. The van der Waals surface area contributed by atoms with Crippen molar-refractivity contribution < 1.29 is 40.2 Å². The molecule has 47 heavy (non-hydrogen) atoms. The van der Waals surface area contributed by atoms with Crippen molar-refractivity contribution in [3.05, 3.63) is 28.8 Å². The highest BCUT2D eigenvalue weighted by atomic mass is 19.4. The Morgan fingerprint density at radius 2 is 1.77 bits per heavy atom. The number of nitrogens with one attached hydrogen (secondary N) is 2. The lowest BCUT2D eigenvalue weighted by Crippen LogP contribution is -2.26. The van der Waals surface area contributed by atoms with Gasteiger partial charge in [-0.15, -0.1) is 0 Å². The molecule has 4 atom stereocenters. The van der Waals surface area contributed by atoms with Crippen LogP contribution >= 0.6 is 0 Å². The quantitative estimate of drug-likeness (QED) is 0.215.